The molecule has 1 atom stereocenters. The van der Waals surface area contributed by atoms with Crippen molar-refractivity contribution in [3.05, 3.63) is 64.4 Å². The first kappa shape index (κ1) is 24.0. The van der Waals surface area contributed by atoms with Crippen molar-refractivity contribution in [2.24, 2.45) is 0 Å². The Kier molecular flexibility index (Phi) is 7.36. The molecule has 3 aromatic rings. The van der Waals surface area contributed by atoms with Crippen molar-refractivity contribution in [1.82, 2.24) is 19.8 Å². The maximum absolute atomic E-state index is 13.4. The average Bonchev–Trinajstić information content (AvgIpc) is 3.66. The number of hydrogen-bond donors (Lipinski definition) is 1. The molecule has 0 aliphatic heterocycles. The second-order valence-corrected chi connectivity index (χ2v) is 9.78. The summed E-state index contributed by atoms with van der Waals surface area (Å²) in [6, 6.07) is 15.4. The Morgan fingerprint density at radius 1 is 1.18 bits per heavy atom. The maximum Gasteiger partial charge on any atom is 0.266 e. The van der Waals surface area contributed by atoms with E-state index in [1.807, 2.05) is 36.4 Å². The van der Waals surface area contributed by atoms with Crippen molar-refractivity contribution in [2.45, 2.75) is 50.2 Å². The number of carbonyl (C=O) groups is 2. The van der Waals surface area contributed by atoms with Crippen molar-refractivity contribution >= 4 is 34.5 Å². The van der Waals surface area contributed by atoms with Crippen LogP contribution in [0.2, 0.25) is 0 Å². The number of likely N-dealkylation sites (N-methyl/N-ethyl adjacent to an activating group) is 1. The first-order valence-electron chi connectivity index (χ1n) is 11.7. The van der Waals surface area contributed by atoms with Crippen LogP contribution in [0.15, 0.2) is 58.5 Å². The molecule has 2 aromatic carbocycles. The SMILES string of the molecule is CCC(C)c1ccc(-n2c(SCC(=O)N(C)CC(=O)NC3CC3)nc3ccccc3c2=O)cc1. The molecule has 0 radical (unpaired) electrons. The summed E-state index contributed by atoms with van der Waals surface area (Å²) in [6.07, 6.45) is 3.04. The predicted molar refractivity (Wildman–Crippen MR) is 136 cm³/mol. The van der Waals surface area contributed by atoms with Gasteiger partial charge in [0.1, 0.15) is 0 Å². The van der Waals surface area contributed by atoms with Gasteiger partial charge < -0.3 is 10.2 Å². The number of carbonyl (C=O) groups excluding carboxylic acids is 2. The molecule has 0 saturated heterocycles. The van der Waals surface area contributed by atoms with Crippen LogP contribution in [0.4, 0.5) is 0 Å². The molecule has 1 unspecified atom stereocenters. The van der Waals surface area contributed by atoms with Crippen LogP contribution in [0.1, 0.15) is 44.6 Å². The van der Waals surface area contributed by atoms with Crippen molar-refractivity contribution in [2.75, 3.05) is 19.3 Å². The van der Waals surface area contributed by atoms with Crippen LogP contribution >= 0.6 is 11.8 Å². The number of aromatic nitrogens is 2. The molecular formula is C26H30N4O3S. The molecular weight excluding hydrogens is 448 g/mol. The molecule has 178 valence electrons. The maximum atomic E-state index is 13.4. The Balaban J connectivity index is 1.59. The van der Waals surface area contributed by atoms with E-state index in [9.17, 15) is 14.4 Å². The predicted octanol–water partition coefficient (Wildman–Crippen LogP) is 3.73. The Hall–Kier alpha value is -3.13. The lowest BCUT2D eigenvalue weighted by atomic mass is 9.98. The molecule has 0 bridgehead atoms. The fourth-order valence-electron chi connectivity index (χ4n) is 3.67. The van der Waals surface area contributed by atoms with E-state index in [1.54, 1.807) is 23.7 Å². The summed E-state index contributed by atoms with van der Waals surface area (Å²) >= 11 is 1.20. The Morgan fingerprint density at radius 2 is 1.88 bits per heavy atom. The molecule has 1 fully saturated rings. The normalized spacial score (nSPS) is 14.1. The highest BCUT2D eigenvalue weighted by Gasteiger charge is 2.24. The molecule has 2 amide bonds. The molecule has 4 rings (SSSR count). The second kappa shape index (κ2) is 10.4. The first-order chi connectivity index (χ1) is 16.4. The summed E-state index contributed by atoms with van der Waals surface area (Å²) in [5.74, 6) is 0.158. The highest BCUT2D eigenvalue weighted by molar-refractivity contribution is 7.99. The van der Waals surface area contributed by atoms with Crippen molar-refractivity contribution in [1.29, 1.82) is 0 Å². The molecule has 0 spiro atoms. The number of fused-ring (bicyclic) bond motifs is 1. The van der Waals surface area contributed by atoms with Gasteiger partial charge in [0.15, 0.2) is 5.16 Å². The van der Waals surface area contributed by atoms with E-state index >= 15 is 0 Å². The van der Waals surface area contributed by atoms with Gasteiger partial charge in [-0.25, -0.2) is 4.98 Å². The van der Waals surface area contributed by atoms with Gasteiger partial charge in [0, 0.05) is 13.1 Å². The van der Waals surface area contributed by atoms with E-state index in [0.717, 1.165) is 19.3 Å². The molecule has 1 N–H and O–H groups in total. The van der Waals surface area contributed by atoms with Gasteiger partial charge in [-0.3, -0.25) is 19.0 Å². The average molecular weight is 479 g/mol. The standard InChI is InChI=1S/C26H30N4O3S/c1-4-17(2)18-9-13-20(14-10-18)30-25(33)21-7-5-6-8-22(21)28-26(30)34-16-24(32)29(3)15-23(31)27-19-11-12-19/h5-10,13-14,17,19H,4,11-12,15-16H2,1-3H3,(H,27,31). The highest BCUT2D eigenvalue weighted by atomic mass is 32.2. The summed E-state index contributed by atoms with van der Waals surface area (Å²) in [5, 5.41) is 3.87. The van der Waals surface area contributed by atoms with Crippen LogP contribution in [0.5, 0.6) is 0 Å². The van der Waals surface area contributed by atoms with Gasteiger partial charge in [-0.15, -0.1) is 0 Å². The number of para-hydroxylation sites is 1. The zero-order valence-electron chi connectivity index (χ0n) is 19.8. The summed E-state index contributed by atoms with van der Waals surface area (Å²) in [5.41, 5.74) is 2.34. The fourth-order valence-corrected chi connectivity index (χ4v) is 4.62. The van der Waals surface area contributed by atoms with Crippen LogP contribution in [0.3, 0.4) is 0 Å². The lowest BCUT2D eigenvalue weighted by Gasteiger charge is -2.18. The minimum Gasteiger partial charge on any atom is -0.352 e. The van der Waals surface area contributed by atoms with Crippen molar-refractivity contribution in [3.8, 4) is 5.69 Å². The third-order valence-corrected chi connectivity index (χ3v) is 7.07. The van der Waals surface area contributed by atoms with Crippen LogP contribution < -0.4 is 10.9 Å². The number of benzene rings is 2. The summed E-state index contributed by atoms with van der Waals surface area (Å²) in [6.45, 7) is 4.34. The summed E-state index contributed by atoms with van der Waals surface area (Å²) < 4.78 is 1.57. The van der Waals surface area contributed by atoms with E-state index in [4.69, 9.17) is 4.98 Å². The zero-order valence-corrected chi connectivity index (χ0v) is 20.6. The van der Waals surface area contributed by atoms with Gasteiger partial charge >= 0.3 is 0 Å². The molecule has 1 aromatic heterocycles. The highest BCUT2D eigenvalue weighted by Crippen LogP contribution is 2.24. The number of hydrogen-bond acceptors (Lipinski definition) is 5. The molecule has 7 nitrogen and oxygen atoms in total. The first-order valence-corrected chi connectivity index (χ1v) is 12.6. The van der Waals surface area contributed by atoms with E-state index in [-0.39, 0.29) is 35.7 Å². The second-order valence-electron chi connectivity index (χ2n) is 8.83. The molecule has 1 aliphatic rings. The molecule has 34 heavy (non-hydrogen) atoms. The summed E-state index contributed by atoms with van der Waals surface area (Å²) in [7, 11) is 1.61. The van der Waals surface area contributed by atoms with E-state index < -0.39 is 0 Å². The molecule has 1 saturated carbocycles. The van der Waals surface area contributed by atoms with E-state index in [2.05, 4.69) is 19.2 Å². The van der Waals surface area contributed by atoms with Crippen molar-refractivity contribution in [3.63, 3.8) is 0 Å². The van der Waals surface area contributed by atoms with Gasteiger partial charge in [0.25, 0.3) is 5.56 Å². The largest absolute Gasteiger partial charge is 0.352 e. The third-order valence-electron chi connectivity index (χ3n) is 6.15. The summed E-state index contributed by atoms with van der Waals surface area (Å²) in [4.78, 5) is 44.3. The zero-order chi connectivity index (χ0) is 24.2. The van der Waals surface area contributed by atoms with Crippen LogP contribution in [0, 0.1) is 0 Å². The Labute approximate surface area is 203 Å². The van der Waals surface area contributed by atoms with Gasteiger partial charge in [0.2, 0.25) is 11.8 Å². The number of nitrogens with one attached hydrogen (secondary N) is 1. The number of rotatable bonds is 9. The van der Waals surface area contributed by atoms with Gasteiger partial charge in [0.05, 0.1) is 28.9 Å². The van der Waals surface area contributed by atoms with Crippen LogP contribution in [-0.4, -0.2) is 51.7 Å². The Bertz CT molecular complexity index is 1250. The van der Waals surface area contributed by atoms with Crippen LogP contribution in [0.25, 0.3) is 16.6 Å². The quantitative estimate of drug-likeness (QED) is 0.374. The topological polar surface area (TPSA) is 84.3 Å². The van der Waals surface area contributed by atoms with E-state index in [1.165, 1.54) is 22.2 Å². The lowest BCUT2D eigenvalue weighted by Crippen LogP contribution is -2.39. The minimum atomic E-state index is -0.197. The molecule has 8 heteroatoms. The molecule has 1 aliphatic carbocycles. The van der Waals surface area contributed by atoms with E-state index in [0.29, 0.717) is 27.7 Å². The Morgan fingerprint density at radius 3 is 2.56 bits per heavy atom. The fraction of sp³-hybridized carbons (Fsp3) is 0.385. The monoisotopic (exact) mass is 478 g/mol. The number of amides is 2. The number of thioether (sulfide) groups is 1. The van der Waals surface area contributed by atoms with Gasteiger partial charge in [-0.1, -0.05) is 49.9 Å². The smallest absolute Gasteiger partial charge is 0.266 e. The van der Waals surface area contributed by atoms with Gasteiger partial charge in [-0.05, 0) is 55.0 Å². The third kappa shape index (κ3) is 5.50. The lowest BCUT2D eigenvalue weighted by molar-refractivity contribution is -0.132. The number of nitrogens with zero attached hydrogens (tertiary/aromatic N) is 3. The molecule has 1 heterocycles. The van der Waals surface area contributed by atoms with Gasteiger partial charge in [-0.2, -0.15) is 0 Å². The van der Waals surface area contributed by atoms with Crippen LogP contribution in [-0.2, 0) is 9.59 Å². The minimum absolute atomic E-state index is 0.0188. The van der Waals surface area contributed by atoms with Crippen molar-refractivity contribution < 1.29 is 9.59 Å².